The fourth-order valence-corrected chi connectivity index (χ4v) is 3.42. The van der Waals surface area contributed by atoms with Crippen LogP contribution in [0.3, 0.4) is 0 Å². The minimum absolute atomic E-state index is 0.352. The van der Waals surface area contributed by atoms with Crippen LogP contribution >= 0.6 is 0 Å². The summed E-state index contributed by atoms with van der Waals surface area (Å²) in [6, 6.07) is 0. The van der Waals surface area contributed by atoms with Gasteiger partial charge in [0.2, 0.25) is 0 Å². The van der Waals surface area contributed by atoms with E-state index in [1.54, 1.807) is 13.8 Å². The summed E-state index contributed by atoms with van der Waals surface area (Å²) in [6.07, 6.45) is 11.4. The second-order valence-corrected chi connectivity index (χ2v) is 7.07. The van der Waals surface area contributed by atoms with Gasteiger partial charge in [-0.2, -0.15) is 0 Å². The smallest absolute Gasteiger partial charge is 0.318 e. The van der Waals surface area contributed by atoms with E-state index < -0.39 is 30.1 Å². The van der Waals surface area contributed by atoms with Gasteiger partial charge in [0.05, 0.1) is 0 Å². The number of unbranched alkanes of at least 4 members (excludes halogenated alkanes) is 9. The molecule has 0 aliphatic carbocycles. The molecule has 160 valence electrons. The molecule has 0 aliphatic heterocycles. The van der Waals surface area contributed by atoms with Gasteiger partial charge in [-0.1, -0.05) is 71.1 Å². The second-order valence-electron chi connectivity index (χ2n) is 7.07. The van der Waals surface area contributed by atoms with E-state index in [1.165, 1.54) is 44.9 Å². The topological polar surface area (TPSA) is 93.1 Å². The van der Waals surface area contributed by atoms with E-state index in [0.717, 1.165) is 19.3 Å². The van der Waals surface area contributed by atoms with E-state index in [2.05, 4.69) is 6.92 Å². The van der Waals surface area contributed by atoms with E-state index in [0.29, 0.717) is 19.6 Å². The first-order valence-electron chi connectivity index (χ1n) is 10.7. The Labute approximate surface area is 164 Å². The summed E-state index contributed by atoms with van der Waals surface area (Å²) >= 11 is 0. The van der Waals surface area contributed by atoms with Crippen molar-refractivity contribution < 1.29 is 29.3 Å². The summed E-state index contributed by atoms with van der Waals surface area (Å²) in [5, 5.41) is 18.7. The fraction of sp³-hybridized carbons (Fsp3) is 0.905. The van der Waals surface area contributed by atoms with Gasteiger partial charge in [0, 0.05) is 19.1 Å². The van der Waals surface area contributed by atoms with Crippen LogP contribution in [0.4, 0.5) is 0 Å². The Hall–Kier alpha value is -1.14. The Morgan fingerprint density at radius 2 is 1.11 bits per heavy atom. The lowest BCUT2D eigenvalue weighted by Gasteiger charge is -2.29. The molecule has 0 heterocycles. The summed E-state index contributed by atoms with van der Waals surface area (Å²) in [6.45, 7) is 6.50. The molecule has 0 amide bonds. The standard InChI is InChI=1S/C21H40O6/c1-4-7-8-9-10-11-12-13-14-15-16-17(18(19(22)23)20(24)25)21(26-5-2)27-6-3/h17-18,21H,4-16H2,1-3H3,(H,22,23)(H,24,25). The number of carbonyl (C=O) groups is 2. The third-order valence-corrected chi connectivity index (χ3v) is 4.86. The van der Waals surface area contributed by atoms with Crippen LogP contribution in [0.1, 0.15) is 91.4 Å². The van der Waals surface area contributed by atoms with Crippen molar-refractivity contribution in [3.05, 3.63) is 0 Å². The van der Waals surface area contributed by atoms with Crippen LogP contribution < -0.4 is 0 Å². The molecule has 0 radical (unpaired) electrons. The normalized spacial score (nSPS) is 12.6. The van der Waals surface area contributed by atoms with Crippen molar-refractivity contribution in [1.29, 1.82) is 0 Å². The molecule has 0 bridgehead atoms. The zero-order valence-electron chi connectivity index (χ0n) is 17.5. The highest BCUT2D eigenvalue weighted by Gasteiger charge is 2.40. The largest absolute Gasteiger partial charge is 0.481 e. The molecule has 0 saturated carbocycles. The molecule has 6 heteroatoms. The Bertz CT molecular complexity index is 365. The van der Waals surface area contributed by atoms with Gasteiger partial charge in [0.1, 0.15) is 0 Å². The molecule has 1 atom stereocenters. The second kappa shape index (κ2) is 17.0. The molecule has 27 heavy (non-hydrogen) atoms. The lowest BCUT2D eigenvalue weighted by atomic mass is 9.86. The van der Waals surface area contributed by atoms with Crippen LogP contribution in [-0.4, -0.2) is 41.7 Å². The number of hydrogen-bond donors (Lipinski definition) is 2. The van der Waals surface area contributed by atoms with Crippen molar-refractivity contribution >= 4 is 11.9 Å². The van der Waals surface area contributed by atoms with Crippen molar-refractivity contribution in [3.63, 3.8) is 0 Å². The number of aliphatic carboxylic acids is 2. The van der Waals surface area contributed by atoms with Crippen molar-refractivity contribution in [2.75, 3.05) is 13.2 Å². The minimum atomic E-state index is -1.51. The van der Waals surface area contributed by atoms with Gasteiger partial charge in [0.15, 0.2) is 12.2 Å². The number of carboxylic acid groups (broad SMARTS) is 2. The summed E-state index contributed by atoms with van der Waals surface area (Å²) in [4.78, 5) is 23.0. The maximum Gasteiger partial charge on any atom is 0.318 e. The number of ether oxygens (including phenoxy) is 2. The maximum absolute atomic E-state index is 11.5. The molecule has 0 aliphatic rings. The van der Waals surface area contributed by atoms with Crippen molar-refractivity contribution in [2.45, 2.75) is 97.7 Å². The van der Waals surface area contributed by atoms with Crippen LogP contribution in [0.25, 0.3) is 0 Å². The van der Waals surface area contributed by atoms with E-state index in [-0.39, 0.29) is 0 Å². The molecular formula is C21H40O6. The van der Waals surface area contributed by atoms with Gasteiger partial charge in [-0.3, -0.25) is 9.59 Å². The minimum Gasteiger partial charge on any atom is -0.481 e. The first-order valence-corrected chi connectivity index (χ1v) is 10.7. The van der Waals surface area contributed by atoms with Crippen molar-refractivity contribution in [2.24, 2.45) is 11.8 Å². The quantitative estimate of drug-likeness (QED) is 0.182. The Kier molecular flexibility index (Phi) is 16.3. The molecule has 0 rings (SSSR count). The van der Waals surface area contributed by atoms with E-state index in [4.69, 9.17) is 9.47 Å². The Morgan fingerprint density at radius 3 is 1.48 bits per heavy atom. The van der Waals surface area contributed by atoms with E-state index in [1.807, 2.05) is 0 Å². The summed E-state index contributed by atoms with van der Waals surface area (Å²) < 4.78 is 11.0. The van der Waals surface area contributed by atoms with Gasteiger partial charge in [-0.05, 0) is 20.3 Å². The van der Waals surface area contributed by atoms with Gasteiger partial charge in [-0.25, -0.2) is 0 Å². The molecule has 0 aromatic rings. The fourth-order valence-electron chi connectivity index (χ4n) is 3.42. The molecule has 0 fully saturated rings. The van der Waals surface area contributed by atoms with Crippen molar-refractivity contribution in [3.8, 4) is 0 Å². The van der Waals surface area contributed by atoms with Crippen LogP contribution in [0.5, 0.6) is 0 Å². The molecule has 0 saturated heterocycles. The molecular weight excluding hydrogens is 348 g/mol. The van der Waals surface area contributed by atoms with Crippen LogP contribution in [-0.2, 0) is 19.1 Å². The zero-order valence-corrected chi connectivity index (χ0v) is 17.5. The van der Waals surface area contributed by atoms with Gasteiger partial charge >= 0.3 is 11.9 Å². The van der Waals surface area contributed by atoms with E-state index >= 15 is 0 Å². The monoisotopic (exact) mass is 388 g/mol. The van der Waals surface area contributed by atoms with E-state index in [9.17, 15) is 19.8 Å². The maximum atomic E-state index is 11.5. The van der Waals surface area contributed by atoms with Crippen molar-refractivity contribution in [1.82, 2.24) is 0 Å². The summed E-state index contributed by atoms with van der Waals surface area (Å²) in [5.74, 6) is -4.85. The zero-order chi connectivity index (χ0) is 20.5. The average molecular weight is 389 g/mol. The molecule has 0 spiro atoms. The lowest BCUT2D eigenvalue weighted by molar-refractivity contribution is -0.193. The molecule has 6 nitrogen and oxygen atoms in total. The SMILES string of the molecule is CCCCCCCCCCCCC(C(OCC)OCC)C(C(=O)O)C(=O)O. The highest BCUT2D eigenvalue weighted by molar-refractivity contribution is 5.93. The number of rotatable bonds is 19. The van der Waals surface area contributed by atoms with Crippen LogP contribution in [0.15, 0.2) is 0 Å². The predicted molar refractivity (Wildman–Crippen MR) is 106 cm³/mol. The first-order chi connectivity index (χ1) is 13.0. The Balaban J connectivity index is 4.43. The average Bonchev–Trinajstić information content (AvgIpc) is 2.61. The Morgan fingerprint density at radius 1 is 0.704 bits per heavy atom. The summed E-state index contributed by atoms with van der Waals surface area (Å²) in [7, 11) is 0. The van der Waals surface area contributed by atoms with Gasteiger partial charge in [-0.15, -0.1) is 0 Å². The third-order valence-electron chi connectivity index (χ3n) is 4.86. The molecule has 2 N–H and O–H groups in total. The predicted octanol–water partition coefficient (Wildman–Crippen LogP) is 5.10. The number of carboxylic acids is 2. The third kappa shape index (κ3) is 12.0. The molecule has 0 aromatic heterocycles. The highest BCUT2D eigenvalue weighted by atomic mass is 16.7. The van der Waals surface area contributed by atoms with Gasteiger partial charge in [0.25, 0.3) is 0 Å². The molecule has 1 unspecified atom stereocenters. The highest BCUT2D eigenvalue weighted by Crippen LogP contribution is 2.27. The molecule has 0 aromatic carbocycles. The van der Waals surface area contributed by atoms with Crippen LogP contribution in [0.2, 0.25) is 0 Å². The van der Waals surface area contributed by atoms with Gasteiger partial charge < -0.3 is 19.7 Å². The number of hydrogen-bond acceptors (Lipinski definition) is 4. The lowest BCUT2D eigenvalue weighted by Crippen LogP contribution is -2.40. The summed E-state index contributed by atoms with van der Waals surface area (Å²) in [5.41, 5.74) is 0. The van der Waals surface area contributed by atoms with Crippen LogP contribution in [0, 0.1) is 11.8 Å². The first kappa shape index (κ1) is 25.9.